The summed E-state index contributed by atoms with van der Waals surface area (Å²) < 4.78 is 75.1. The van der Waals surface area contributed by atoms with Gasteiger partial charge < -0.3 is 14.5 Å². The van der Waals surface area contributed by atoms with E-state index in [1.807, 2.05) is 0 Å². The summed E-state index contributed by atoms with van der Waals surface area (Å²) >= 11 is 0. The van der Waals surface area contributed by atoms with E-state index >= 15 is 4.39 Å². The highest BCUT2D eigenvalue weighted by atomic mass is 19.4. The van der Waals surface area contributed by atoms with Gasteiger partial charge in [0.2, 0.25) is 0 Å². The number of benzene rings is 3. The number of fused-ring (bicyclic) bond motifs is 1. The first-order valence-electron chi connectivity index (χ1n) is 13.0. The number of alkyl halides is 3. The molecular weight excluding hydrogens is 529 g/mol. The van der Waals surface area contributed by atoms with Crippen molar-refractivity contribution in [1.29, 1.82) is 0 Å². The van der Waals surface area contributed by atoms with Gasteiger partial charge in [0.1, 0.15) is 23.1 Å². The van der Waals surface area contributed by atoms with Crippen LogP contribution in [0.4, 0.5) is 39.0 Å². The number of ketones is 1. The van der Waals surface area contributed by atoms with E-state index in [4.69, 9.17) is 9.73 Å². The summed E-state index contributed by atoms with van der Waals surface area (Å²) in [6.45, 7) is 2.51. The van der Waals surface area contributed by atoms with Crippen molar-refractivity contribution in [3.05, 3.63) is 83.4 Å². The largest absolute Gasteiger partial charge is 0.494 e. The lowest BCUT2D eigenvalue weighted by molar-refractivity contribution is -0.137. The molecule has 0 spiro atoms. The fraction of sp³-hybridized carbons (Fsp3) is 0.333. The molecule has 0 bridgehead atoms. The molecule has 2 aliphatic heterocycles. The Morgan fingerprint density at radius 2 is 1.70 bits per heavy atom. The quantitative estimate of drug-likeness (QED) is 0.295. The van der Waals surface area contributed by atoms with E-state index in [1.165, 1.54) is 38.3 Å². The van der Waals surface area contributed by atoms with E-state index in [0.717, 1.165) is 17.8 Å². The molecule has 0 radical (unpaired) electrons. The molecule has 0 aliphatic carbocycles. The molecule has 1 fully saturated rings. The third-order valence-electron chi connectivity index (χ3n) is 7.45. The maximum Gasteiger partial charge on any atom is 0.416 e. The van der Waals surface area contributed by atoms with Crippen molar-refractivity contribution in [3.63, 3.8) is 0 Å². The number of hydrogen-bond donors (Lipinski definition) is 0. The number of carbonyl (C=O) groups is 1. The number of piperidine rings is 1. The predicted octanol–water partition coefficient (Wildman–Crippen LogP) is 7.48. The maximum atomic E-state index is 15.0. The Morgan fingerprint density at radius 1 is 0.975 bits per heavy atom. The van der Waals surface area contributed by atoms with Crippen LogP contribution < -0.4 is 14.5 Å². The van der Waals surface area contributed by atoms with Crippen LogP contribution in [0.3, 0.4) is 0 Å². The Hall–Kier alpha value is -3.95. The van der Waals surface area contributed by atoms with Gasteiger partial charge in [-0.3, -0.25) is 4.79 Å². The number of rotatable bonds is 6. The Kier molecular flexibility index (Phi) is 7.53. The van der Waals surface area contributed by atoms with Crippen molar-refractivity contribution < 1.29 is 31.5 Å². The van der Waals surface area contributed by atoms with E-state index in [0.29, 0.717) is 37.3 Å². The van der Waals surface area contributed by atoms with Crippen LogP contribution in [0.1, 0.15) is 43.4 Å². The standard InChI is InChI=1S/C30H28F5N3O2/c1-18(39)15-26-23-7-4-8-25(32)28(23)36-29(38(26)22-6-3-5-20(16-22)30(33,34)35)19-11-13-37(14-12-19)21-9-10-24(31)27(17-21)40-2/h3-10,16-17,19,26H,11-15H2,1-2H3. The second-order valence-electron chi connectivity index (χ2n) is 10.1. The number of ether oxygens (including phenoxy) is 1. The monoisotopic (exact) mass is 557 g/mol. The third-order valence-corrected chi connectivity index (χ3v) is 7.45. The minimum atomic E-state index is -4.56. The molecule has 3 aromatic carbocycles. The summed E-state index contributed by atoms with van der Waals surface area (Å²) in [6, 6.07) is 13.3. The molecule has 2 heterocycles. The Bertz CT molecular complexity index is 1450. The molecule has 0 N–H and O–H groups in total. The van der Waals surface area contributed by atoms with Crippen molar-refractivity contribution in [2.75, 3.05) is 30.0 Å². The summed E-state index contributed by atoms with van der Waals surface area (Å²) in [7, 11) is 1.40. The summed E-state index contributed by atoms with van der Waals surface area (Å²) in [4.78, 5) is 20.8. The molecule has 5 rings (SSSR count). The second kappa shape index (κ2) is 10.9. The fourth-order valence-electron chi connectivity index (χ4n) is 5.53. The molecule has 0 saturated carbocycles. The summed E-state index contributed by atoms with van der Waals surface area (Å²) in [6.07, 6.45) is -3.47. The first kappa shape index (κ1) is 27.6. The Labute approximate surface area is 228 Å². The van der Waals surface area contributed by atoms with Gasteiger partial charge in [0.15, 0.2) is 11.6 Å². The number of aliphatic imine (C=N–C) groups is 1. The molecule has 40 heavy (non-hydrogen) atoms. The number of amidine groups is 1. The zero-order valence-corrected chi connectivity index (χ0v) is 22.0. The highest BCUT2D eigenvalue weighted by Crippen LogP contribution is 2.45. The van der Waals surface area contributed by atoms with Gasteiger partial charge >= 0.3 is 6.18 Å². The number of hydrogen-bond acceptors (Lipinski definition) is 5. The zero-order chi connectivity index (χ0) is 28.6. The average Bonchev–Trinajstić information content (AvgIpc) is 2.93. The van der Waals surface area contributed by atoms with Crippen molar-refractivity contribution in [3.8, 4) is 5.75 Å². The van der Waals surface area contributed by atoms with E-state index in [1.54, 1.807) is 29.2 Å². The zero-order valence-electron chi connectivity index (χ0n) is 22.0. The normalized spacial score (nSPS) is 17.9. The molecule has 0 amide bonds. The first-order chi connectivity index (χ1) is 19.1. The molecule has 1 unspecified atom stereocenters. The van der Waals surface area contributed by atoms with Crippen molar-refractivity contribution in [2.24, 2.45) is 10.9 Å². The summed E-state index contributed by atoms with van der Waals surface area (Å²) in [5.74, 6) is -0.866. The van der Waals surface area contributed by atoms with E-state index < -0.39 is 29.4 Å². The van der Waals surface area contributed by atoms with Crippen LogP contribution in [0.5, 0.6) is 5.75 Å². The highest BCUT2D eigenvalue weighted by Gasteiger charge is 2.39. The minimum absolute atomic E-state index is 0.0278. The number of anilines is 2. The molecule has 10 heteroatoms. The van der Waals surface area contributed by atoms with Crippen LogP contribution >= 0.6 is 0 Å². The number of Topliss-reactive ketones (excluding diaryl/α,β-unsaturated/α-hetero) is 1. The van der Waals surface area contributed by atoms with Gasteiger partial charge in [-0.05, 0) is 56.2 Å². The molecule has 210 valence electrons. The molecule has 1 atom stereocenters. The Morgan fingerprint density at radius 3 is 2.38 bits per heavy atom. The molecule has 5 nitrogen and oxygen atoms in total. The summed E-state index contributed by atoms with van der Waals surface area (Å²) in [5.41, 5.74) is 0.754. The SMILES string of the molecule is COc1cc(N2CCC(C3=Nc4c(F)cccc4C(CC(C)=O)N3c3cccc(C(F)(F)F)c3)CC2)ccc1F. The second-order valence-corrected chi connectivity index (χ2v) is 10.1. The number of nitrogens with zero attached hydrogens (tertiary/aromatic N) is 3. The van der Waals surface area contributed by atoms with Crippen LogP contribution in [-0.4, -0.2) is 31.8 Å². The van der Waals surface area contributed by atoms with Crippen molar-refractivity contribution in [1.82, 2.24) is 0 Å². The van der Waals surface area contributed by atoms with Gasteiger partial charge in [-0.2, -0.15) is 13.2 Å². The fourth-order valence-corrected chi connectivity index (χ4v) is 5.53. The third kappa shape index (κ3) is 5.39. The van der Waals surface area contributed by atoms with Crippen LogP contribution in [0, 0.1) is 17.6 Å². The van der Waals surface area contributed by atoms with E-state index in [9.17, 15) is 22.4 Å². The van der Waals surface area contributed by atoms with E-state index in [2.05, 4.69) is 4.90 Å². The van der Waals surface area contributed by atoms with Gasteiger partial charge in [-0.1, -0.05) is 18.2 Å². The van der Waals surface area contributed by atoms with Crippen molar-refractivity contribution >= 4 is 28.7 Å². The lowest BCUT2D eigenvalue weighted by Crippen LogP contribution is -2.46. The number of para-hydroxylation sites is 1. The molecule has 0 aromatic heterocycles. The molecular formula is C30H28F5N3O2. The van der Waals surface area contributed by atoms with Crippen LogP contribution in [0.2, 0.25) is 0 Å². The lowest BCUT2D eigenvalue weighted by atomic mass is 9.88. The summed E-state index contributed by atoms with van der Waals surface area (Å²) in [5, 5.41) is 0. The Balaban J connectivity index is 1.54. The van der Waals surface area contributed by atoms with Gasteiger partial charge in [0, 0.05) is 48.4 Å². The van der Waals surface area contributed by atoms with Gasteiger partial charge in [0.25, 0.3) is 0 Å². The number of carbonyl (C=O) groups excluding carboxylic acids is 1. The van der Waals surface area contributed by atoms with Gasteiger partial charge in [0.05, 0.1) is 18.7 Å². The lowest BCUT2D eigenvalue weighted by Gasteiger charge is -2.43. The van der Waals surface area contributed by atoms with Crippen LogP contribution in [0.15, 0.2) is 65.7 Å². The minimum Gasteiger partial charge on any atom is -0.494 e. The predicted molar refractivity (Wildman–Crippen MR) is 143 cm³/mol. The number of methoxy groups -OCH3 is 1. The van der Waals surface area contributed by atoms with Crippen LogP contribution in [0.25, 0.3) is 0 Å². The first-order valence-corrected chi connectivity index (χ1v) is 13.0. The average molecular weight is 558 g/mol. The smallest absolute Gasteiger partial charge is 0.416 e. The van der Waals surface area contributed by atoms with E-state index in [-0.39, 0.29) is 35.2 Å². The maximum absolute atomic E-state index is 15.0. The topological polar surface area (TPSA) is 45.1 Å². The van der Waals surface area contributed by atoms with Crippen LogP contribution in [-0.2, 0) is 11.0 Å². The molecule has 2 aliphatic rings. The van der Waals surface area contributed by atoms with Crippen molar-refractivity contribution in [2.45, 2.75) is 38.4 Å². The molecule has 1 saturated heterocycles. The van der Waals surface area contributed by atoms with Gasteiger partial charge in [-0.15, -0.1) is 0 Å². The number of halogens is 5. The highest BCUT2D eigenvalue weighted by molar-refractivity contribution is 6.04. The van der Waals surface area contributed by atoms with Gasteiger partial charge in [-0.25, -0.2) is 13.8 Å². The molecule has 3 aromatic rings.